The van der Waals surface area contributed by atoms with Crippen molar-refractivity contribution < 1.29 is 19.7 Å². The maximum atomic E-state index is 9.67. The fourth-order valence-electron chi connectivity index (χ4n) is 5.17. The van der Waals surface area contributed by atoms with Crippen molar-refractivity contribution in [2.75, 3.05) is 19.8 Å². The number of rotatable bonds is 8. The van der Waals surface area contributed by atoms with Crippen LogP contribution < -0.4 is 9.47 Å². The Bertz CT molecular complexity index is 1300. The van der Waals surface area contributed by atoms with Gasteiger partial charge in [0, 0.05) is 0 Å². The van der Waals surface area contributed by atoms with Gasteiger partial charge in [-0.1, -0.05) is 93.6 Å². The Morgan fingerprint density at radius 1 is 0.676 bits per heavy atom. The molecule has 0 heterocycles. The fraction of sp³-hybridized carbons (Fsp3) is 0.273. The van der Waals surface area contributed by atoms with Gasteiger partial charge in [0.1, 0.15) is 24.2 Å². The van der Waals surface area contributed by atoms with Crippen LogP contribution in [-0.2, 0) is 5.41 Å². The van der Waals surface area contributed by atoms with E-state index in [2.05, 4.69) is 106 Å². The Balaban J connectivity index is 1.63. The summed E-state index contributed by atoms with van der Waals surface area (Å²) < 4.78 is 11.8. The molecule has 37 heavy (non-hydrogen) atoms. The summed E-state index contributed by atoms with van der Waals surface area (Å²) in [6, 6.07) is 33.8. The van der Waals surface area contributed by atoms with Crippen molar-refractivity contribution in [2.24, 2.45) is 5.41 Å². The van der Waals surface area contributed by atoms with Gasteiger partial charge in [-0.05, 0) is 63.1 Å². The smallest absolute Gasteiger partial charge is 0.119 e. The molecule has 1 aliphatic rings. The first-order chi connectivity index (χ1) is 17.8. The molecule has 0 bridgehead atoms. The highest BCUT2D eigenvalue weighted by Crippen LogP contribution is 2.56. The third-order valence-electron chi connectivity index (χ3n) is 6.85. The van der Waals surface area contributed by atoms with Gasteiger partial charge in [-0.25, -0.2) is 0 Å². The Morgan fingerprint density at radius 2 is 1.14 bits per heavy atom. The summed E-state index contributed by atoms with van der Waals surface area (Å²) in [4.78, 5) is 0. The first kappa shape index (κ1) is 25.1. The van der Waals surface area contributed by atoms with Crippen molar-refractivity contribution in [3.63, 3.8) is 0 Å². The molecule has 5 rings (SSSR count). The third-order valence-corrected chi connectivity index (χ3v) is 6.85. The first-order valence-electron chi connectivity index (χ1n) is 12.8. The Kier molecular flexibility index (Phi) is 6.80. The van der Waals surface area contributed by atoms with E-state index in [4.69, 9.17) is 14.6 Å². The van der Waals surface area contributed by atoms with Crippen molar-refractivity contribution in [3.05, 3.63) is 119 Å². The fourth-order valence-corrected chi connectivity index (χ4v) is 5.17. The van der Waals surface area contributed by atoms with Gasteiger partial charge in [-0.15, -0.1) is 0 Å². The zero-order chi connectivity index (χ0) is 26.0. The van der Waals surface area contributed by atoms with E-state index in [9.17, 15) is 5.11 Å². The summed E-state index contributed by atoms with van der Waals surface area (Å²) in [5.74, 6) is 1.51. The van der Waals surface area contributed by atoms with Crippen LogP contribution in [0.5, 0.6) is 11.5 Å². The van der Waals surface area contributed by atoms with Crippen molar-refractivity contribution in [3.8, 4) is 22.6 Å². The molecule has 4 heteroatoms. The van der Waals surface area contributed by atoms with E-state index < -0.39 is 11.5 Å². The van der Waals surface area contributed by atoms with Gasteiger partial charge in [0.25, 0.3) is 0 Å². The third kappa shape index (κ3) is 4.75. The van der Waals surface area contributed by atoms with Gasteiger partial charge in [0.15, 0.2) is 0 Å². The molecule has 0 amide bonds. The van der Waals surface area contributed by atoms with E-state index in [1.807, 2.05) is 12.1 Å². The second-order valence-corrected chi connectivity index (χ2v) is 10.9. The van der Waals surface area contributed by atoms with Crippen LogP contribution in [-0.4, -0.2) is 36.1 Å². The van der Waals surface area contributed by atoms with E-state index in [1.165, 1.54) is 22.3 Å². The number of benzene rings is 4. The standard InChI is InChI=1S/C33H34O4/c1-32(2,3)22-37-27-18-14-24(15-19-27)33(23-12-16-26(17-13-23)36-21-25(35)20-34)30-10-6-4-8-28(30)29-9-5-7-11-31(29)33/h4-19,25,34-35H,20-22H2,1-3H3. The Hall–Kier alpha value is -3.60. The highest BCUT2D eigenvalue weighted by Gasteiger charge is 2.45. The van der Waals surface area contributed by atoms with Crippen LogP contribution in [0.2, 0.25) is 0 Å². The van der Waals surface area contributed by atoms with Crippen molar-refractivity contribution in [1.29, 1.82) is 0 Å². The Morgan fingerprint density at radius 3 is 1.59 bits per heavy atom. The SMILES string of the molecule is CC(C)(C)COc1ccc(C2(c3ccc(OCC(O)CO)cc3)c3ccccc3-c3ccccc32)cc1. The molecule has 1 atom stereocenters. The molecule has 0 aromatic heterocycles. The Labute approximate surface area is 219 Å². The van der Waals surface area contributed by atoms with Gasteiger partial charge in [0.2, 0.25) is 0 Å². The van der Waals surface area contributed by atoms with Crippen molar-refractivity contribution >= 4 is 0 Å². The zero-order valence-corrected chi connectivity index (χ0v) is 21.6. The topological polar surface area (TPSA) is 58.9 Å². The van der Waals surface area contributed by atoms with E-state index in [1.54, 1.807) is 0 Å². The van der Waals surface area contributed by atoms with E-state index in [-0.39, 0.29) is 18.6 Å². The average Bonchev–Trinajstić information content (AvgIpc) is 3.22. The minimum absolute atomic E-state index is 0.0443. The van der Waals surface area contributed by atoms with E-state index in [0.717, 1.165) is 16.9 Å². The molecule has 190 valence electrons. The minimum Gasteiger partial charge on any atom is -0.493 e. The maximum Gasteiger partial charge on any atom is 0.119 e. The number of ether oxygens (including phenoxy) is 2. The highest BCUT2D eigenvalue weighted by atomic mass is 16.5. The van der Waals surface area contributed by atoms with Crippen molar-refractivity contribution in [1.82, 2.24) is 0 Å². The van der Waals surface area contributed by atoms with Gasteiger partial charge in [0.05, 0.1) is 18.6 Å². The van der Waals surface area contributed by atoms with Gasteiger partial charge < -0.3 is 19.7 Å². The van der Waals surface area contributed by atoms with Crippen LogP contribution in [0.1, 0.15) is 43.0 Å². The molecule has 4 aromatic rings. The van der Waals surface area contributed by atoms with Crippen molar-refractivity contribution in [2.45, 2.75) is 32.3 Å². The lowest BCUT2D eigenvalue weighted by Gasteiger charge is -2.34. The molecular weight excluding hydrogens is 460 g/mol. The normalized spacial score (nSPS) is 14.5. The minimum atomic E-state index is -0.904. The molecule has 2 N–H and O–H groups in total. The number of hydrogen-bond donors (Lipinski definition) is 2. The number of aliphatic hydroxyl groups is 2. The molecule has 0 saturated carbocycles. The number of hydrogen-bond acceptors (Lipinski definition) is 4. The monoisotopic (exact) mass is 494 g/mol. The number of aliphatic hydroxyl groups excluding tert-OH is 2. The molecule has 0 spiro atoms. The molecule has 0 saturated heterocycles. The van der Waals surface area contributed by atoms with Crippen LogP contribution in [0, 0.1) is 5.41 Å². The summed E-state index contributed by atoms with van der Waals surface area (Å²) in [6.45, 7) is 6.87. The van der Waals surface area contributed by atoms with Gasteiger partial charge >= 0.3 is 0 Å². The molecule has 4 aromatic carbocycles. The lowest BCUT2D eigenvalue weighted by molar-refractivity contribution is 0.0536. The lowest BCUT2D eigenvalue weighted by Crippen LogP contribution is -2.28. The lowest BCUT2D eigenvalue weighted by atomic mass is 9.68. The molecular formula is C33H34O4. The second-order valence-electron chi connectivity index (χ2n) is 10.9. The maximum absolute atomic E-state index is 9.67. The van der Waals surface area contributed by atoms with Gasteiger partial charge in [-0.2, -0.15) is 0 Å². The average molecular weight is 495 g/mol. The molecule has 4 nitrogen and oxygen atoms in total. The molecule has 1 unspecified atom stereocenters. The van der Waals surface area contributed by atoms with E-state index in [0.29, 0.717) is 12.4 Å². The second kappa shape index (κ2) is 10.0. The summed E-state index contributed by atoms with van der Waals surface area (Å²) in [7, 11) is 0. The molecule has 1 aliphatic carbocycles. The quantitative estimate of drug-likeness (QED) is 0.269. The van der Waals surface area contributed by atoms with Gasteiger partial charge in [-0.3, -0.25) is 0 Å². The van der Waals surface area contributed by atoms with Crippen LogP contribution in [0.3, 0.4) is 0 Å². The first-order valence-corrected chi connectivity index (χ1v) is 12.8. The highest BCUT2D eigenvalue weighted by molar-refractivity contribution is 5.86. The predicted molar refractivity (Wildman–Crippen MR) is 147 cm³/mol. The molecule has 0 radical (unpaired) electrons. The largest absolute Gasteiger partial charge is 0.493 e. The predicted octanol–water partition coefficient (Wildman–Crippen LogP) is 6.21. The number of fused-ring (bicyclic) bond motifs is 3. The van der Waals surface area contributed by atoms with Crippen LogP contribution >= 0.6 is 0 Å². The zero-order valence-electron chi connectivity index (χ0n) is 21.6. The van der Waals surface area contributed by atoms with Crippen LogP contribution in [0.15, 0.2) is 97.1 Å². The van der Waals surface area contributed by atoms with Crippen LogP contribution in [0.25, 0.3) is 11.1 Å². The van der Waals surface area contributed by atoms with E-state index >= 15 is 0 Å². The summed E-state index contributed by atoms with van der Waals surface area (Å²) in [5, 5.41) is 18.8. The summed E-state index contributed by atoms with van der Waals surface area (Å²) in [5.41, 5.74) is 6.82. The van der Waals surface area contributed by atoms with Crippen LogP contribution in [0.4, 0.5) is 0 Å². The molecule has 0 aliphatic heterocycles. The summed E-state index contributed by atoms with van der Waals surface area (Å²) >= 11 is 0. The molecule has 0 fully saturated rings. The summed E-state index contributed by atoms with van der Waals surface area (Å²) in [6.07, 6.45) is -0.904.